The minimum atomic E-state index is -0.646. The molecule has 0 atom stereocenters. The highest BCUT2D eigenvalue weighted by atomic mass is 16.2. The molecule has 0 aliphatic rings. The smallest absolute Gasteiger partial charge is 0.250 e. The van der Waals surface area contributed by atoms with Gasteiger partial charge in [-0.2, -0.15) is 0 Å². The van der Waals surface area contributed by atoms with E-state index in [0.29, 0.717) is 19.6 Å². The fourth-order valence-corrected chi connectivity index (χ4v) is 1.70. The summed E-state index contributed by atoms with van der Waals surface area (Å²) in [6, 6.07) is 3.28. The summed E-state index contributed by atoms with van der Waals surface area (Å²) in [5.41, 5.74) is 5.60. The Hall–Kier alpha value is -1.62. The van der Waals surface area contributed by atoms with Crippen LogP contribution in [0.1, 0.15) is 19.4 Å². The largest absolute Gasteiger partial charge is 0.354 e. The monoisotopic (exact) mass is 251 g/mol. The second-order valence-corrected chi connectivity index (χ2v) is 5.10. The number of hydrogen-bond donors (Lipinski definition) is 2. The number of nitrogens with two attached hydrogens (primary N) is 1. The molecule has 0 spiro atoms. The normalized spacial score (nSPS) is 11.3. The van der Waals surface area contributed by atoms with E-state index in [9.17, 15) is 9.59 Å². The molecule has 100 valence electrons. The van der Waals surface area contributed by atoms with Crippen LogP contribution in [0.5, 0.6) is 0 Å². The highest BCUT2D eigenvalue weighted by molar-refractivity contribution is 5.81. The van der Waals surface area contributed by atoms with E-state index in [0.717, 1.165) is 5.56 Å². The van der Waals surface area contributed by atoms with Crippen molar-refractivity contribution in [3.63, 3.8) is 0 Å². The predicted molar refractivity (Wildman–Crippen MR) is 71.3 cm³/mol. The first-order valence-corrected chi connectivity index (χ1v) is 6.02. The maximum absolute atomic E-state index is 11.9. The first kappa shape index (κ1) is 14.4. The molecule has 5 heteroatoms. The highest BCUT2D eigenvalue weighted by Crippen LogP contribution is 2.17. The van der Waals surface area contributed by atoms with Crippen LogP contribution >= 0.6 is 0 Å². The maximum Gasteiger partial charge on any atom is 0.250 e. The molecular weight excluding hydrogens is 230 g/mol. The molecule has 1 aromatic heterocycles. The topological polar surface area (TPSA) is 77.1 Å². The van der Waals surface area contributed by atoms with Gasteiger partial charge in [-0.1, -0.05) is 6.07 Å². The van der Waals surface area contributed by atoms with Gasteiger partial charge in [0, 0.05) is 31.9 Å². The summed E-state index contributed by atoms with van der Waals surface area (Å²) in [6.07, 6.45) is 1.76. The van der Waals surface area contributed by atoms with Gasteiger partial charge in [-0.25, -0.2) is 0 Å². The van der Waals surface area contributed by atoms with E-state index in [2.05, 4.69) is 5.32 Å². The maximum atomic E-state index is 11.9. The summed E-state index contributed by atoms with van der Waals surface area (Å²) in [5.74, 6) is -0.0960. The minimum Gasteiger partial charge on any atom is -0.354 e. The standard InChI is InChI=1S/C13H21N3O2/c1-10-4-5-11(17)16(8-10)9-13(2,3)12(18)15-7-6-14/h4-5,8H,6-7,9,14H2,1-3H3,(H,15,18). The molecule has 0 unspecified atom stereocenters. The first-order valence-electron chi connectivity index (χ1n) is 6.02. The van der Waals surface area contributed by atoms with E-state index in [1.54, 1.807) is 16.8 Å². The van der Waals surface area contributed by atoms with Crippen molar-refractivity contribution in [2.45, 2.75) is 27.3 Å². The number of aromatic nitrogens is 1. The number of hydrogen-bond acceptors (Lipinski definition) is 3. The van der Waals surface area contributed by atoms with E-state index in [1.165, 1.54) is 6.07 Å². The molecule has 0 bridgehead atoms. The van der Waals surface area contributed by atoms with Crippen LogP contribution in [0.4, 0.5) is 0 Å². The van der Waals surface area contributed by atoms with Crippen molar-refractivity contribution in [3.05, 3.63) is 34.2 Å². The van der Waals surface area contributed by atoms with Gasteiger partial charge in [-0.15, -0.1) is 0 Å². The summed E-state index contributed by atoms with van der Waals surface area (Å²) in [6.45, 7) is 6.75. The molecule has 3 N–H and O–H groups in total. The highest BCUT2D eigenvalue weighted by Gasteiger charge is 2.28. The van der Waals surface area contributed by atoms with Crippen molar-refractivity contribution in [1.82, 2.24) is 9.88 Å². The van der Waals surface area contributed by atoms with E-state index in [-0.39, 0.29) is 11.5 Å². The van der Waals surface area contributed by atoms with Crippen molar-refractivity contribution in [3.8, 4) is 0 Å². The van der Waals surface area contributed by atoms with E-state index >= 15 is 0 Å². The van der Waals surface area contributed by atoms with E-state index in [1.807, 2.05) is 20.8 Å². The zero-order valence-corrected chi connectivity index (χ0v) is 11.2. The quantitative estimate of drug-likeness (QED) is 0.788. The number of aryl methyl sites for hydroxylation is 1. The minimum absolute atomic E-state index is 0.0960. The summed E-state index contributed by atoms with van der Waals surface area (Å²) in [7, 11) is 0. The van der Waals surface area contributed by atoms with Crippen LogP contribution in [-0.4, -0.2) is 23.6 Å². The summed E-state index contributed by atoms with van der Waals surface area (Å²) < 4.78 is 1.57. The average Bonchev–Trinajstić information content (AvgIpc) is 2.30. The number of rotatable bonds is 5. The van der Waals surface area contributed by atoms with Gasteiger partial charge in [0.15, 0.2) is 0 Å². The number of amides is 1. The molecule has 0 aromatic carbocycles. The van der Waals surface area contributed by atoms with Gasteiger partial charge in [-0.3, -0.25) is 9.59 Å². The molecule has 1 aromatic rings. The van der Waals surface area contributed by atoms with Crippen molar-refractivity contribution >= 4 is 5.91 Å². The Morgan fingerprint density at radius 2 is 2.11 bits per heavy atom. The van der Waals surface area contributed by atoms with Crippen LogP contribution < -0.4 is 16.6 Å². The average molecular weight is 251 g/mol. The van der Waals surface area contributed by atoms with E-state index < -0.39 is 5.41 Å². The second-order valence-electron chi connectivity index (χ2n) is 5.10. The Bertz CT molecular complexity index is 477. The van der Waals surface area contributed by atoms with Crippen molar-refractivity contribution in [2.75, 3.05) is 13.1 Å². The van der Waals surface area contributed by atoms with Crippen LogP contribution in [0.2, 0.25) is 0 Å². The number of pyridine rings is 1. The Balaban J connectivity index is 2.84. The Kier molecular flexibility index (Phi) is 4.67. The second kappa shape index (κ2) is 5.82. The molecule has 0 saturated carbocycles. The Morgan fingerprint density at radius 3 is 2.72 bits per heavy atom. The van der Waals surface area contributed by atoms with Gasteiger partial charge < -0.3 is 15.6 Å². The third-order valence-electron chi connectivity index (χ3n) is 2.74. The SMILES string of the molecule is Cc1ccc(=O)n(CC(C)(C)C(=O)NCCN)c1. The van der Waals surface area contributed by atoms with Gasteiger partial charge in [0.25, 0.3) is 5.56 Å². The zero-order valence-electron chi connectivity index (χ0n) is 11.2. The molecule has 1 amide bonds. The lowest BCUT2D eigenvalue weighted by Crippen LogP contribution is -2.43. The zero-order chi connectivity index (χ0) is 13.8. The third kappa shape index (κ3) is 3.70. The van der Waals surface area contributed by atoms with Crippen LogP contribution in [0.3, 0.4) is 0 Å². The molecule has 18 heavy (non-hydrogen) atoms. The van der Waals surface area contributed by atoms with E-state index in [4.69, 9.17) is 5.73 Å². The fourth-order valence-electron chi connectivity index (χ4n) is 1.70. The Morgan fingerprint density at radius 1 is 1.44 bits per heavy atom. The number of nitrogens with zero attached hydrogens (tertiary/aromatic N) is 1. The number of nitrogens with one attached hydrogen (secondary N) is 1. The lowest BCUT2D eigenvalue weighted by Gasteiger charge is -2.24. The van der Waals surface area contributed by atoms with Gasteiger partial charge in [0.05, 0.1) is 5.41 Å². The van der Waals surface area contributed by atoms with Crippen LogP contribution in [0.15, 0.2) is 23.1 Å². The van der Waals surface area contributed by atoms with Gasteiger partial charge in [0.1, 0.15) is 0 Å². The first-order chi connectivity index (χ1) is 8.36. The van der Waals surface area contributed by atoms with Gasteiger partial charge >= 0.3 is 0 Å². The molecule has 1 rings (SSSR count). The van der Waals surface area contributed by atoms with Crippen molar-refractivity contribution in [2.24, 2.45) is 11.1 Å². The summed E-state index contributed by atoms with van der Waals surface area (Å²) in [4.78, 5) is 23.6. The molecule has 0 aliphatic carbocycles. The lowest BCUT2D eigenvalue weighted by atomic mass is 9.92. The van der Waals surface area contributed by atoms with Gasteiger partial charge in [0.2, 0.25) is 5.91 Å². The number of carbonyl (C=O) groups excluding carboxylic acids is 1. The summed E-state index contributed by atoms with van der Waals surface area (Å²) in [5, 5.41) is 2.75. The van der Waals surface area contributed by atoms with Crippen molar-refractivity contribution < 1.29 is 4.79 Å². The lowest BCUT2D eigenvalue weighted by molar-refractivity contribution is -0.130. The molecule has 5 nitrogen and oxygen atoms in total. The fraction of sp³-hybridized carbons (Fsp3) is 0.538. The molecule has 0 radical (unpaired) electrons. The Labute approximate surface area is 107 Å². The molecule has 0 aliphatic heterocycles. The van der Waals surface area contributed by atoms with Crippen LogP contribution in [0.25, 0.3) is 0 Å². The molecule has 0 saturated heterocycles. The molecular formula is C13H21N3O2. The predicted octanol–water partition coefficient (Wildman–Crippen LogP) is 0.258. The van der Waals surface area contributed by atoms with Crippen LogP contribution in [0, 0.1) is 12.3 Å². The van der Waals surface area contributed by atoms with Crippen LogP contribution in [-0.2, 0) is 11.3 Å². The molecule has 0 fully saturated rings. The number of carbonyl (C=O) groups is 1. The van der Waals surface area contributed by atoms with Crippen molar-refractivity contribution in [1.29, 1.82) is 0 Å². The third-order valence-corrected chi connectivity index (χ3v) is 2.74. The summed E-state index contributed by atoms with van der Waals surface area (Å²) >= 11 is 0. The van der Waals surface area contributed by atoms with Gasteiger partial charge in [-0.05, 0) is 26.3 Å². The molecule has 1 heterocycles.